The molecule has 120 valence electrons. The van der Waals surface area contributed by atoms with Crippen LogP contribution in [0.15, 0.2) is 66.2 Å². The van der Waals surface area contributed by atoms with Gasteiger partial charge in [0.15, 0.2) is 5.13 Å². The van der Waals surface area contributed by atoms with Gasteiger partial charge in [-0.25, -0.2) is 4.98 Å². The lowest BCUT2D eigenvalue weighted by atomic mass is 10.1. The Kier molecular flexibility index (Phi) is 4.05. The van der Waals surface area contributed by atoms with Crippen LogP contribution < -0.4 is 5.32 Å². The molecule has 2 aromatic carbocycles. The highest BCUT2D eigenvalue weighted by Gasteiger charge is 2.11. The molecule has 0 aliphatic carbocycles. The Hall–Kier alpha value is -2.59. The van der Waals surface area contributed by atoms with E-state index in [1.807, 2.05) is 12.3 Å². The van der Waals surface area contributed by atoms with E-state index in [0.717, 1.165) is 28.3 Å². The molecule has 0 saturated carbocycles. The van der Waals surface area contributed by atoms with Crippen molar-refractivity contribution in [2.24, 2.45) is 0 Å². The maximum atomic E-state index is 4.77. The molecule has 3 nitrogen and oxygen atoms in total. The van der Waals surface area contributed by atoms with E-state index in [1.165, 1.54) is 10.9 Å². The molecule has 0 bridgehead atoms. The number of hydrogen-bond donors (Lipinski definition) is 2. The fourth-order valence-corrected chi connectivity index (χ4v) is 3.80. The minimum atomic E-state index is 0.342. The Bertz CT molecular complexity index is 940. The van der Waals surface area contributed by atoms with Gasteiger partial charge in [0.2, 0.25) is 0 Å². The fraction of sp³-hybridized carbons (Fsp3) is 0.150. The van der Waals surface area contributed by atoms with E-state index in [-0.39, 0.29) is 0 Å². The number of fused-ring (bicyclic) bond motifs is 1. The number of aromatic amines is 1. The molecule has 0 spiro atoms. The lowest BCUT2D eigenvalue weighted by Gasteiger charge is -2.12. The number of anilines is 1. The molecule has 4 aromatic rings. The average molecular weight is 333 g/mol. The van der Waals surface area contributed by atoms with Crippen molar-refractivity contribution in [3.8, 4) is 11.3 Å². The van der Waals surface area contributed by atoms with Crippen LogP contribution in [0.1, 0.15) is 12.5 Å². The lowest BCUT2D eigenvalue weighted by Crippen LogP contribution is -2.17. The molecule has 1 atom stereocenters. The van der Waals surface area contributed by atoms with Crippen molar-refractivity contribution in [1.82, 2.24) is 9.97 Å². The summed E-state index contributed by atoms with van der Waals surface area (Å²) in [7, 11) is 0. The van der Waals surface area contributed by atoms with Crippen LogP contribution in [0.5, 0.6) is 0 Å². The first-order valence-corrected chi connectivity index (χ1v) is 9.00. The summed E-state index contributed by atoms with van der Waals surface area (Å²) in [6, 6.07) is 19.2. The Labute approximate surface area is 145 Å². The molecule has 0 unspecified atom stereocenters. The molecule has 0 saturated heterocycles. The van der Waals surface area contributed by atoms with E-state index in [2.05, 4.69) is 71.1 Å². The van der Waals surface area contributed by atoms with Gasteiger partial charge in [0.1, 0.15) is 0 Å². The average Bonchev–Trinajstić information content (AvgIpc) is 3.22. The summed E-state index contributed by atoms with van der Waals surface area (Å²) in [6.07, 6.45) is 3.03. The SMILES string of the molecule is C[C@H](Cc1ccccc1)Nc1nc(-c2c[nH]c3ccccc23)cs1. The molecular formula is C20H19N3S. The number of thiazole rings is 1. The summed E-state index contributed by atoms with van der Waals surface area (Å²) in [5.74, 6) is 0. The van der Waals surface area contributed by atoms with Crippen molar-refractivity contribution >= 4 is 27.4 Å². The Balaban J connectivity index is 1.50. The van der Waals surface area contributed by atoms with Crippen molar-refractivity contribution in [3.05, 3.63) is 71.7 Å². The van der Waals surface area contributed by atoms with E-state index in [9.17, 15) is 0 Å². The molecule has 0 amide bonds. The highest BCUT2D eigenvalue weighted by atomic mass is 32.1. The first-order valence-electron chi connectivity index (χ1n) is 8.12. The highest BCUT2D eigenvalue weighted by Crippen LogP contribution is 2.31. The number of H-pyrrole nitrogens is 1. The number of benzene rings is 2. The van der Waals surface area contributed by atoms with E-state index >= 15 is 0 Å². The number of hydrogen-bond acceptors (Lipinski definition) is 3. The van der Waals surface area contributed by atoms with Crippen LogP contribution in [0.2, 0.25) is 0 Å². The second-order valence-corrected chi connectivity index (χ2v) is 6.88. The Morgan fingerprint density at radius 2 is 1.88 bits per heavy atom. The van der Waals surface area contributed by atoms with Gasteiger partial charge in [0.25, 0.3) is 0 Å². The van der Waals surface area contributed by atoms with E-state index < -0.39 is 0 Å². The summed E-state index contributed by atoms with van der Waals surface area (Å²) in [6.45, 7) is 2.19. The van der Waals surface area contributed by atoms with Gasteiger partial charge in [-0.15, -0.1) is 11.3 Å². The van der Waals surface area contributed by atoms with Gasteiger partial charge in [0.05, 0.1) is 5.69 Å². The van der Waals surface area contributed by atoms with Gasteiger partial charge in [0, 0.05) is 34.1 Å². The van der Waals surface area contributed by atoms with E-state index in [1.54, 1.807) is 11.3 Å². The largest absolute Gasteiger partial charge is 0.360 e. The van der Waals surface area contributed by atoms with Crippen LogP contribution in [-0.2, 0) is 6.42 Å². The lowest BCUT2D eigenvalue weighted by molar-refractivity contribution is 0.789. The third-order valence-electron chi connectivity index (χ3n) is 4.12. The predicted octanol–water partition coefficient (Wildman–Crippen LogP) is 5.33. The molecule has 0 fully saturated rings. The van der Waals surface area contributed by atoms with Crippen molar-refractivity contribution in [2.45, 2.75) is 19.4 Å². The summed E-state index contributed by atoms with van der Waals surface area (Å²) in [4.78, 5) is 8.09. The molecular weight excluding hydrogens is 314 g/mol. The van der Waals surface area contributed by atoms with E-state index in [0.29, 0.717) is 6.04 Å². The number of nitrogens with one attached hydrogen (secondary N) is 2. The minimum Gasteiger partial charge on any atom is -0.360 e. The van der Waals surface area contributed by atoms with Crippen molar-refractivity contribution in [3.63, 3.8) is 0 Å². The zero-order valence-electron chi connectivity index (χ0n) is 13.5. The maximum Gasteiger partial charge on any atom is 0.183 e. The monoisotopic (exact) mass is 333 g/mol. The predicted molar refractivity (Wildman–Crippen MR) is 103 cm³/mol. The molecule has 0 aliphatic rings. The number of aromatic nitrogens is 2. The molecule has 2 aromatic heterocycles. The molecule has 2 N–H and O–H groups in total. The van der Waals surface area contributed by atoms with Crippen LogP contribution in [0.4, 0.5) is 5.13 Å². The van der Waals surface area contributed by atoms with Gasteiger partial charge in [-0.2, -0.15) is 0 Å². The third kappa shape index (κ3) is 3.05. The minimum absolute atomic E-state index is 0.342. The van der Waals surface area contributed by atoms with Crippen LogP contribution >= 0.6 is 11.3 Å². The smallest absolute Gasteiger partial charge is 0.183 e. The summed E-state index contributed by atoms with van der Waals surface area (Å²) < 4.78 is 0. The topological polar surface area (TPSA) is 40.7 Å². The standard InChI is InChI=1S/C20H19N3S/c1-14(11-15-7-3-2-4-8-15)22-20-23-19(13-24-20)17-12-21-18-10-6-5-9-16(17)18/h2-10,12-14,21H,11H2,1H3,(H,22,23)/t14-/m1/s1. The zero-order chi connectivity index (χ0) is 16.4. The first-order chi connectivity index (χ1) is 11.8. The molecule has 2 heterocycles. The van der Waals surface area contributed by atoms with Crippen molar-refractivity contribution < 1.29 is 0 Å². The van der Waals surface area contributed by atoms with Crippen molar-refractivity contribution in [1.29, 1.82) is 0 Å². The molecule has 24 heavy (non-hydrogen) atoms. The highest BCUT2D eigenvalue weighted by molar-refractivity contribution is 7.14. The van der Waals surface area contributed by atoms with Crippen molar-refractivity contribution in [2.75, 3.05) is 5.32 Å². The second kappa shape index (κ2) is 6.49. The van der Waals surface area contributed by atoms with Gasteiger partial charge in [-0.05, 0) is 25.0 Å². The first kappa shape index (κ1) is 15.0. The zero-order valence-corrected chi connectivity index (χ0v) is 14.3. The van der Waals surface area contributed by atoms with Gasteiger partial charge in [-0.3, -0.25) is 0 Å². The normalized spacial score (nSPS) is 12.4. The van der Waals surface area contributed by atoms with Crippen LogP contribution in [0.3, 0.4) is 0 Å². The maximum absolute atomic E-state index is 4.77. The molecule has 0 aliphatic heterocycles. The second-order valence-electron chi connectivity index (χ2n) is 6.02. The van der Waals surface area contributed by atoms with Crippen LogP contribution in [0, 0.1) is 0 Å². The fourth-order valence-electron chi connectivity index (χ4n) is 2.98. The number of para-hydroxylation sites is 1. The van der Waals surface area contributed by atoms with Crippen LogP contribution in [-0.4, -0.2) is 16.0 Å². The summed E-state index contributed by atoms with van der Waals surface area (Å²) in [5, 5.41) is 7.82. The summed E-state index contributed by atoms with van der Waals surface area (Å²) >= 11 is 1.66. The Morgan fingerprint density at radius 1 is 1.08 bits per heavy atom. The van der Waals surface area contributed by atoms with Gasteiger partial charge < -0.3 is 10.3 Å². The van der Waals surface area contributed by atoms with Gasteiger partial charge in [-0.1, -0.05) is 48.5 Å². The Morgan fingerprint density at radius 3 is 2.75 bits per heavy atom. The molecule has 4 heteroatoms. The number of rotatable bonds is 5. The quantitative estimate of drug-likeness (QED) is 0.518. The third-order valence-corrected chi connectivity index (χ3v) is 4.90. The summed E-state index contributed by atoms with van der Waals surface area (Å²) in [5.41, 5.74) is 4.66. The number of nitrogens with zero attached hydrogens (tertiary/aromatic N) is 1. The van der Waals surface area contributed by atoms with Crippen LogP contribution in [0.25, 0.3) is 22.2 Å². The molecule has 4 rings (SSSR count). The molecule has 0 radical (unpaired) electrons. The van der Waals surface area contributed by atoms with Gasteiger partial charge >= 0.3 is 0 Å². The van der Waals surface area contributed by atoms with E-state index in [4.69, 9.17) is 4.98 Å².